The Hall–Kier alpha value is -0.610. The predicted molar refractivity (Wildman–Crippen MR) is 59.9 cm³/mol. The summed E-state index contributed by atoms with van der Waals surface area (Å²) in [5.41, 5.74) is 0. The number of nitrogens with one attached hydrogen (secondary N) is 1. The highest BCUT2D eigenvalue weighted by molar-refractivity contribution is 5.79. The molecule has 2 fully saturated rings. The van der Waals surface area contributed by atoms with Crippen LogP contribution in [0, 0.1) is 5.92 Å². The molecule has 1 aliphatic carbocycles. The molecule has 4 nitrogen and oxygen atoms in total. The third-order valence-corrected chi connectivity index (χ3v) is 3.65. The van der Waals surface area contributed by atoms with Crippen LogP contribution in [0.5, 0.6) is 0 Å². The van der Waals surface area contributed by atoms with Gasteiger partial charge in [0.25, 0.3) is 0 Å². The molecule has 2 aliphatic rings. The summed E-state index contributed by atoms with van der Waals surface area (Å²) in [7, 11) is 0. The Bertz CT molecular complexity index is 238. The molecule has 2 unspecified atom stereocenters. The summed E-state index contributed by atoms with van der Waals surface area (Å²) in [4.78, 5) is 11.9. The first-order valence-electron chi connectivity index (χ1n) is 6.33. The van der Waals surface area contributed by atoms with Crippen LogP contribution in [-0.4, -0.2) is 36.4 Å². The number of ether oxygens (including phenoxy) is 1. The van der Waals surface area contributed by atoms with Crippen LogP contribution in [0.3, 0.4) is 0 Å². The zero-order valence-corrected chi connectivity index (χ0v) is 9.65. The number of rotatable bonds is 2. The van der Waals surface area contributed by atoms with E-state index in [1.54, 1.807) is 0 Å². The Morgan fingerprint density at radius 3 is 2.50 bits per heavy atom. The van der Waals surface area contributed by atoms with Gasteiger partial charge in [0.1, 0.15) is 0 Å². The minimum Gasteiger partial charge on any atom is -0.391 e. The van der Waals surface area contributed by atoms with Gasteiger partial charge in [-0.15, -0.1) is 0 Å². The van der Waals surface area contributed by atoms with Gasteiger partial charge in [-0.2, -0.15) is 0 Å². The van der Waals surface area contributed by atoms with Gasteiger partial charge < -0.3 is 15.2 Å². The third kappa shape index (κ3) is 2.95. The standard InChI is InChI=1S/C12H21NO3/c14-11-4-2-1-3-10(11)13-12(15)9-5-7-16-8-6-9/h9-11,14H,1-8H2,(H,13,15). The van der Waals surface area contributed by atoms with E-state index >= 15 is 0 Å². The first-order chi connectivity index (χ1) is 7.77. The summed E-state index contributed by atoms with van der Waals surface area (Å²) in [6.07, 6.45) is 5.19. The van der Waals surface area contributed by atoms with Gasteiger partial charge in [-0.1, -0.05) is 12.8 Å². The topological polar surface area (TPSA) is 58.6 Å². The Kier molecular flexibility index (Phi) is 4.18. The third-order valence-electron chi connectivity index (χ3n) is 3.65. The van der Waals surface area contributed by atoms with Crippen molar-refractivity contribution in [3.05, 3.63) is 0 Å². The molecule has 4 heteroatoms. The van der Waals surface area contributed by atoms with E-state index in [4.69, 9.17) is 4.74 Å². The van der Waals surface area contributed by atoms with Crippen molar-refractivity contribution in [3.63, 3.8) is 0 Å². The summed E-state index contributed by atoms with van der Waals surface area (Å²) in [5.74, 6) is 0.192. The molecule has 2 N–H and O–H groups in total. The van der Waals surface area contributed by atoms with Gasteiger partial charge >= 0.3 is 0 Å². The number of carbonyl (C=O) groups is 1. The van der Waals surface area contributed by atoms with E-state index in [9.17, 15) is 9.90 Å². The minimum atomic E-state index is -0.349. The molecule has 0 aromatic carbocycles. The van der Waals surface area contributed by atoms with E-state index in [2.05, 4.69) is 5.32 Å². The first-order valence-corrected chi connectivity index (χ1v) is 6.33. The summed E-state index contributed by atoms with van der Waals surface area (Å²) < 4.78 is 5.23. The summed E-state index contributed by atoms with van der Waals surface area (Å²) in [5, 5.41) is 12.8. The molecular formula is C12H21NO3. The Morgan fingerprint density at radius 2 is 1.81 bits per heavy atom. The number of aliphatic hydroxyl groups is 1. The number of hydrogen-bond acceptors (Lipinski definition) is 3. The van der Waals surface area contributed by atoms with E-state index in [-0.39, 0.29) is 24.0 Å². The molecule has 0 radical (unpaired) electrons. The van der Waals surface area contributed by atoms with E-state index in [0.29, 0.717) is 13.2 Å². The zero-order chi connectivity index (χ0) is 11.4. The predicted octanol–water partition coefficient (Wildman–Crippen LogP) is 0.833. The van der Waals surface area contributed by atoms with Crippen LogP contribution < -0.4 is 5.32 Å². The summed E-state index contributed by atoms with van der Waals surface area (Å²) >= 11 is 0. The van der Waals surface area contributed by atoms with Crippen LogP contribution in [0.25, 0.3) is 0 Å². The largest absolute Gasteiger partial charge is 0.391 e. The highest BCUT2D eigenvalue weighted by Gasteiger charge is 2.28. The second-order valence-electron chi connectivity index (χ2n) is 4.85. The second-order valence-corrected chi connectivity index (χ2v) is 4.85. The maximum absolute atomic E-state index is 11.9. The van der Waals surface area contributed by atoms with Crippen LogP contribution in [-0.2, 0) is 9.53 Å². The summed E-state index contributed by atoms with van der Waals surface area (Å²) in [6.45, 7) is 1.37. The molecule has 0 spiro atoms. The second kappa shape index (κ2) is 5.64. The van der Waals surface area contributed by atoms with Gasteiger partial charge in [-0.3, -0.25) is 4.79 Å². The highest BCUT2D eigenvalue weighted by atomic mass is 16.5. The number of hydrogen-bond donors (Lipinski definition) is 2. The van der Waals surface area contributed by atoms with E-state index in [1.165, 1.54) is 0 Å². The molecule has 2 atom stereocenters. The Labute approximate surface area is 96.4 Å². The van der Waals surface area contributed by atoms with Gasteiger partial charge in [0.2, 0.25) is 5.91 Å². The summed E-state index contributed by atoms with van der Waals surface area (Å²) in [6, 6.07) is -0.0240. The van der Waals surface area contributed by atoms with Crippen molar-refractivity contribution in [1.29, 1.82) is 0 Å². The lowest BCUT2D eigenvalue weighted by Crippen LogP contribution is -2.47. The molecule has 1 saturated carbocycles. The Morgan fingerprint density at radius 1 is 1.12 bits per heavy atom. The fraction of sp³-hybridized carbons (Fsp3) is 0.917. The average Bonchev–Trinajstić information content (AvgIpc) is 2.33. The number of carbonyl (C=O) groups excluding carboxylic acids is 1. The molecule has 92 valence electrons. The highest BCUT2D eigenvalue weighted by Crippen LogP contribution is 2.20. The van der Waals surface area contributed by atoms with E-state index < -0.39 is 0 Å². The van der Waals surface area contributed by atoms with Crippen molar-refractivity contribution in [2.24, 2.45) is 5.92 Å². The molecule has 1 aliphatic heterocycles. The SMILES string of the molecule is O=C(NC1CCCCC1O)C1CCOCC1. The van der Waals surface area contributed by atoms with Gasteiger partial charge in [0, 0.05) is 19.1 Å². The van der Waals surface area contributed by atoms with Gasteiger partial charge in [0.05, 0.1) is 12.1 Å². The minimum absolute atomic E-state index is 0.0240. The first kappa shape index (κ1) is 11.9. The van der Waals surface area contributed by atoms with Crippen molar-refractivity contribution in [2.75, 3.05) is 13.2 Å². The Balaban J connectivity index is 1.80. The fourth-order valence-electron chi connectivity index (χ4n) is 2.54. The van der Waals surface area contributed by atoms with Crippen molar-refractivity contribution in [3.8, 4) is 0 Å². The van der Waals surface area contributed by atoms with Gasteiger partial charge in [-0.25, -0.2) is 0 Å². The van der Waals surface area contributed by atoms with Crippen molar-refractivity contribution in [2.45, 2.75) is 50.7 Å². The number of aliphatic hydroxyl groups excluding tert-OH is 1. The molecule has 1 amide bonds. The molecule has 16 heavy (non-hydrogen) atoms. The fourth-order valence-corrected chi connectivity index (χ4v) is 2.54. The maximum atomic E-state index is 11.9. The lowest BCUT2D eigenvalue weighted by Gasteiger charge is -2.30. The van der Waals surface area contributed by atoms with Crippen molar-refractivity contribution in [1.82, 2.24) is 5.32 Å². The molecule has 0 aromatic heterocycles. The average molecular weight is 227 g/mol. The smallest absolute Gasteiger partial charge is 0.223 e. The van der Waals surface area contributed by atoms with Crippen molar-refractivity contribution >= 4 is 5.91 Å². The molecule has 1 saturated heterocycles. The van der Waals surface area contributed by atoms with Gasteiger partial charge in [0.15, 0.2) is 0 Å². The van der Waals surface area contributed by atoms with E-state index in [0.717, 1.165) is 38.5 Å². The zero-order valence-electron chi connectivity index (χ0n) is 9.65. The lowest BCUT2D eigenvalue weighted by molar-refractivity contribution is -0.129. The van der Waals surface area contributed by atoms with Crippen LogP contribution in [0.1, 0.15) is 38.5 Å². The normalized spacial score (nSPS) is 32.3. The van der Waals surface area contributed by atoms with Crippen LogP contribution in [0.15, 0.2) is 0 Å². The molecule has 2 rings (SSSR count). The molecule has 0 bridgehead atoms. The lowest BCUT2D eigenvalue weighted by atomic mass is 9.91. The molecule has 0 aromatic rings. The van der Waals surface area contributed by atoms with Crippen LogP contribution >= 0.6 is 0 Å². The van der Waals surface area contributed by atoms with Gasteiger partial charge in [-0.05, 0) is 25.7 Å². The monoisotopic (exact) mass is 227 g/mol. The van der Waals surface area contributed by atoms with Crippen molar-refractivity contribution < 1.29 is 14.6 Å². The molecule has 1 heterocycles. The van der Waals surface area contributed by atoms with Crippen LogP contribution in [0.4, 0.5) is 0 Å². The van der Waals surface area contributed by atoms with E-state index in [1.807, 2.05) is 0 Å². The number of amides is 1. The van der Waals surface area contributed by atoms with Crippen LogP contribution in [0.2, 0.25) is 0 Å². The quantitative estimate of drug-likeness (QED) is 0.734. The maximum Gasteiger partial charge on any atom is 0.223 e. The molecular weight excluding hydrogens is 206 g/mol.